The molecule has 0 radical (unpaired) electrons. The highest BCUT2D eigenvalue weighted by atomic mass is 19.1. The summed E-state index contributed by atoms with van der Waals surface area (Å²) in [5.74, 6) is 0. The van der Waals surface area contributed by atoms with Crippen LogP contribution < -0.4 is 5.73 Å². The molecule has 2 heteroatoms. The second-order valence-corrected chi connectivity index (χ2v) is 1.80. The number of rotatable bonds is 0. The Balaban J connectivity index is 2.66. The van der Waals surface area contributed by atoms with Crippen LogP contribution in [0.1, 0.15) is 6.42 Å². The Labute approximate surface area is 47.7 Å². The minimum atomic E-state index is -0.944. The Morgan fingerprint density at radius 2 is 2.50 bits per heavy atom. The van der Waals surface area contributed by atoms with E-state index in [9.17, 15) is 4.39 Å². The van der Waals surface area contributed by atoms with Crippen LogP contribution in [-0.4, -0.2) is 6.17 Å². The van der Waals surface area contributed by atoms with Crippen molar-refractivity contribution in [2.75, 3.05) is 0 Å². The van der Waals surface area contributed by atoms with Crippen molar-refractivity contribution in [2.24, 2.45) is 5.73 Å². The van der Waals surface area contributed by atoms with Gasteiger partial charge in [-0.1, -0.05) is 12.2 Å². The molecule has 0 spiro atoms. The normalized spacial score (nSPS) is 27.6. The standard InChI is InChI=1S/C6H8FN/c7-5-3-1-2-4-6(5)8/h1-2,4-5H,3,8H2. The lowest BCUT2D eigenvalue weighted by atomic mass is 10.1. The van der Waals surface area contributed by atoms with Gasteiger partial charge in [0.15, 0.2) is 0 Å². The van der Waals surface area contributed by atoms with Crippen LogP contribution in [0.5, 0.6) is 0 Å². The van der Waals surface area contributed by atoms with E-state index in [0.29, 0.717) is 12.1 Å². The Hall–Kier alpha value is -0.790. The number of halogens is 1. The number of nitrogens with two attached hydrogens (primary N) is 1. The Morgan fingerprint density at radius 1 is 1.75 bits per heavy atom. The van der Waals surface area contributed by atoms with Gasteiger partial charge in [0.2, 0.25) is 0 Å². The van der Waals surface area contributed by atoms with E-state index < -0.39 is 6.17 Å². The van der Waals surface area contributed by atoms with E-state index in [0.717, 1.165) is 0 Å². The van der Waals surface area contributed by atoms with Gasteiger partial charge in [-0.2, -0.15) is 0 Å². The second-order valence-electron chi connectivity index (χ2n) is 1.80. The maximum atomic E-state index is 12.3. The molecule has 1 aliphatic carbocycles. The predicted octanol–water partition coefficient (Wildman–Crippen LogP) is 1.13. The molecule has 44 valence electrons. The zero-order valence-corrected chi connectivity index (χ0v) is 4.47. The van der Waals surface area contributed by atoms with Crippen LogP contribution in [0.2, 0.25) is 0 Å². The van der Waals surface area contributed by atoms with E-state index >= 15 is 0 Å². The third-order valence-electron chi connectivity index (χ3n) is 1.13. The van der Waals surface area contributed by atoms with Crippen LogP contribution in [0.25, 0.3) is 0 Å². The summed E-state index contributed by atoms with van der Waals surface area (Å²) in [7, 11) is 0. The lowest BCUT2D eigenvalue weighted by molar-refractivity contribution is 0.379. The Kier molecular flexibility index (Phi) is 1.33. The van der Waals surface area contributed by atoms with Gasteiger partial charge in [-0.05, 0) is 6.08 Å². The number of hydrogen-bond donors (Lipinski definition) is 1. The van der Waals surface area contributed by atoms with Crippen LogP contribution >= 0.6 is 0 Å². The molecule has 8 heavy (non-hydrogen) atoms. The number of hydrogen-bond acceptors (Lipinski definition) is 1. The van der Waals surface area contributed by atoms with Crippen LogP contribution in [0.4, 0.5) is 4.39 Å². The van der Waals surface area contributed by atoms with E-state index in [2.05, 4.69) is 0 Å². The molecule has 2 N–H and O–H groups in total. The van der Waals surface area contributed by atoms with E-state index in [1.807, 2.05) is 0 Å². The highest BCUT2D eigenvalue weighted by Gasteiger charge is 2.08. The topological polar surface area (TPSA) is 26.0 Å². The van der Waals surface area contributed by atoms with Crippen molar-refractivity contribution < 1.29 is 4.39 Å². The fraction of sp³-hybridized carbons (Fsp3) is 0.333. The lowest BCUT2D eigenvalue weighted by Crippen LogP contribution is -2.13. The first-order valence-corrected chi connectivity index (χ1v) is 2.57. The summed E-state index contributed by atoms with van der Waals surface area (Å²) >= 11 is 0. The van der Waals surface area contributed by atoms with Crippen molar-refractivity contribution >= 4 is 0 Å². The molecule has 1 unspecified atom stereocenters. The first-order chi connectivity index (χ1) is 3.80. The first kappa shape index (κ1) is 5.35. The van der Waals surface area contributed by atoms with Gasteiger partial charge in [-0.15, -0.1) is 0 Å². The van der Waals surface area contributed by atoms with Crippen molar-refractivity contribution in [1.29, 1.82) is 0 Å². The molecule has 0 aromatic heterocycles. The second kappa shape index (κ2) is 1.99. The molecule has 0 amide bonds. The molecule has 1 rings (SSSR count). The van der Waals surface area contributed by atoms with Crippen LogP contribution in [0.3, 0.4) is 0 Å². The van der Waals surface area contributed by atoms with Crippen LogP contribution in [0, 0.1) is 0 Å². The molecular formula is C6H8FN. The minimum Gasteiger partial charge on any atom is -0.400 e. The van der Waals surface area contributed by atoms with Crippen LogP contribution in [-0.2, 0) is 0 Å². The van der Waals surface area contributed by atoms with Gasteiger partial charge < -0.3 is 5.73 Å². The van der Waals surface area contributed by atoms with E-state index in [4.69, 9.17) is 5.73 Å². The monoisotopic (exact) mass is 113 g/mol. The SMILES string of the molecule is NC1=CC=CCC1F. The van der Waals surface area contributed by atoms with E-state index in [1.54, 1.807) is 18.2 Å². The smallest absolute Gasteiger partial charge is 0.143 e. The van der Waals surface area contributed by atoms with Gasteiger partial charge in [0.25, 0.3) is 0 Å². The zero-order valence-electron chi connectivity index (χ0n) is 4.47. The zero-order chi connectivity index (χ0) is 5.98. The summed E-state index contributed by atoms with van der Waals surface area (Å²) in [4.78, 5) is 0. The summed E-state index contributed by atoms with van der Waals surface area (Å²) in [6.45, 7) is 0. The molecule has 0 aromatic carbocycles. The maximum Gasteiger partial charge on any atom is 0.143 e. The van der Waals surface area contributed by atoms with Gasteiger partial charge >= 0.3 is 0 Å². The average molecular weight is 113 g/mol. The number of allylic oxidation sites excluding steroid dienone is 4. The van der Waals surface area contributed by atoms with Gasteiger partial charge in [0, 0.05) is 12.1 Å². The molecule has 1 atom stereocenters. The molecule has 0 aliphatic heterocycles. The van der Waals surface area contributed by atoms with Gasteiger partial charge in [0.05, 0.1) is 0 Å². The van der Waals surface area contributed by atoms with E-state index in [1.165, 1.54) is 0 Å². The summed E-state index contributed by atoms with van der Waals surface area (Å²) in [5, 5.41) is 0. The fourth-order valence-electron chi connectivity index (χ4n) is 0.618. The van der Waals surface area contributed by atoms with Gasteiger partial charge in [0.1, 0.15) is 6.17 Å². The fourth-order valence-corrected chi connectivity index (χ4v) is 0.618. The Bertz CT molecular complexity index is 137. The van der Waals surface area contributed by atoms with E-state index in [-0.39, 0.29) is 0 Å². The lowest BCUT2D eigenvalue weighted by Gasteiger charge is -2.07. The van der Waals surface area contributed by atoms with Gasteiger partial charge in [-0.3, -0.25) is 0 Å². The molecule has 0 fully saturated rings. The molecule has 0 saturated carbocycles. The molecule has 1 nitrogen and oxygen atoms in total. The molecule has 0 bridgehead atoms. The average Bonchev–Trinajstić information content (AvgIpc) is 1.77. The molecule has 0 aromatic rings. The summed E-state index contributed by atoms with van der Waals surface area (Å²) < 4.78 is 12.3. The minimum absolute atomic E-state index is 0.340. The van der Waals surface area contributed by atoms with Crippen molar-refractivity contribution in [3.05, 3.63) is 23.9 Å². The van der Waals surface area contributed by atoms with Gasteiger partial charge in [-0.25, -0.2) is 4.39 Å². The highest BCUT2D eigenvalue weighted by molar-refractivity contribution is 5.19. The summed E-state index contributed by atoms with van der Waals surface area (Å²) in [5.41, 5.74) is 5.55. The first-order valence-electron chi connectivity index (χ1n) is 2.57. The predicted molar refractivity (Wildman–Crippen MR) is 30.9 cm³/mol. The molecule has 0 saturated heterocycles. The van der Waals surface area contributed by atoms with Crippen molar-refractivity contribution in [2.45, 2.75) is 12.6 Å². The maximum absolute atomic E-state index is 12.3. The molecular weight excluding hydrogens is 105 g/mol. The third-order valence-corrected chi connectivity index (χ3v) is 1.13. The highest BCUT2D eigenvalue weighted by Crippen LogP contribution is 2.10. The third kappa shape index (κ3) is 0.886. The summed E-state index contributed by atoms with van der Waals surface area (Å²) in [6.07, 6.45) is 4.61. The van der Waals surface area contributed by atoms with Crippen molar-refractivity contribution in [1.82, 2.24) is 0 Å². The van der Waals surface area contributed by atoms with Crippen molar-refractivity contribution in [3.8, 4) is 0 Å². The number of alkyl halides is 1. The van der Waals surface area contributed by atoms with Crippen LogP contribution in [0.15, 0.2) is 23.9 Å². The van der Waals surface area contributed by atoms with Crippen molar-refractivity contribution in [3.63, 3.8) is 0 Å². The largest absolute Gasteiger partial charge is 0.400 e. The Morgan fingerprint density at radius 3 is 2.88 bits per heavy atom. The molecule has 0 heterocycles. The molecule has 1 aliphatic rings. The quantitative estimate of drug-likeness (QED) is 0.500. The summed E-state index contributed by atoms with van der Waals surface area (Å²) in [6, 6.07) is 0.